The van der Waals surface area contributed by atoms with E-state index in [-0.39, 0.29) is 0 Å². The van der Waals surface area contributed by atoms with E-state index in [0.29, 0.717) is 17.6 Å². The molecule has 0 aliphatic carbocycles. The molecule has 0 saturated carbocycles. The summed E-state index contributed by atoms with van der Waals surface area (Å²) in [5.74, 6) is 0.859. The molecule has 0 N–H and O–H groups in total. The smallest absolute Gasteiger partial charge is 0.162 e. The van der Waals surface area contributed by atoms with Crippen molar-refractivity contribution in [2.75, 3.05) is 0 Å². The van der Waals surface area contributed by atoms with Gasteiger partial charge in [0.2, 0.25) is 0 Å². The summed E-state index contributed by atoms with van der Waals surface area (Å²) in [7, 11) is 0. The highest BCUT2D eigenvalue weighted by molar-refractivity contribution is 9.10. The van der Waals surface area contributed by atoms with Crippen LogP contribution < -0.4 is 0 Å². The van der Waals surface area contributed by atoms with Gasteiger partial charge in [0.05, 0.1) is 11.6 Å². The van der Waals surface area contributed by atoms with Crippen molar-refractivity contribution in [3.8, 4) is 6.07 Å². The molecule has 5 heteroatoms. The lowest BCUT2D eigenvalue weighted by Gasteiger charge is -2.01. The molecule has 4 nitrogen and oxygen atoms in total. The molecule has 0 amide bonds. The summed E-state index contributed by atoms with van der Waals surface area (Å²) in [5, 5.41) is 17.1. The van der Waals surface area contributed by atoms with Gasteiger partial charge in [-0.05, 0) is 23.8 Å². The van der Waals surface area contributed by atoms with Gasteiger partial charge in [0.1, 0.15) is 5.82 Å². The fourth-order valence-electron chi connectivity index (χ4n) is 1.96. The molecule has 3 aromatic rings. The standard InChI is InChI=1S/C14H9BrN4/c15-12-3-1-2-10(6-12)7-13-17-18-14-8-11(9-16)4-5-19(13)14/h1-6,8H,7H2. The summed E-state index contributed by atoms with van der Waals surface area (Å²) in [6, 6.07) is 13.7. The van der Waals surface area contributed by atoms with Crippen molar-refractivity contribution in [2.45, 2.75) is 6.42 Å². The quantitative estimate of drug-likeness (QED) is 0.731. The number of nitriles is 1. The molecule has 92 valence electrons. The zero-order chi connectivity index (χ0) is 13.2. The Hall–Kier alpha value is -2.19. The Morgan fingerprint density at radius 1 is 1.21 bits per heavy atom. The van der Waals surface area contributed by atoms with Gasteiger partial charge >= 0.3 is 0 Å². The van der Waals surface area contributed by atoms with Gasteiger partial charge in [0.25, 0.3) is 0 Å². The Morgan fingerprint density at radius 3 is 2.89 bits per heavy atom. The van der Waals surface area contributed by atoms with E-state index in [1.165, 1.54) is 0 Å². The fraction of sp³-hybridized carbons (Fsp3) is 0.0714. The maximum atomic E-state index is 8.86. The second-order valence-electron chi connectivity index (χ2n) is 4.18. The van der Waals surface area contributed by atoms with E-state index >= 15 is 0 Å². The first-order chi connectivity index (χ1) is 9.26. The third kappa shape index (κ3) is 2.35. The number of fused-ring (bicyclic) bond motifs is 1. The molecular weight excluding hydrogens is 304 g/mol. The Kier molecular flexibility index (Phi) is 3.02. The molecule has 2 aromatic heterocycles. The van der Waals surface area contributed by atoms with Crippen molar-refractivity contribution >= 4 is 21.6 Å². The minimum Gasteiger partial charge on any atom is -0.286 e. The minimum atomic E-state index is 0.592. The van der Waals surface area contributed by atoms with Crippen molar-refractivity contribution in [2.24, 2.45) is 0 Å². The molecule has 0 fully saturated rings. The second kappa shape index (κ2) is 4.82. The molecule has 3 rings (SSSR count). The number of rotatable bonds is 2. The molecule has 0 bridgehead atoms. The van der Waals surface area contributed by atoms with Gasteiger partial charge in [-0.3, -0.25) is 4.40 Å². The number of nitrogens with zero attached hydrogens (tertiary/aromatic N) is 4. The maximum absolute atomic E-state index is 8.86. The molecule has 0 spiro atoms. The van der Waals surface area contributed by atoms with Crippen LogP contribution in [0.4, 0.5) is 0 Å². The summed E-state index contributed by atoms with van der Waals surface area (Å²) >= 11 is 3.46. The van der Waals surface area contributed by atoms with Gasteiger partial charge in [-0.1, -0.05) is 28.1 Å². The number of pyridine rings is 1. The molecule has 19 heavy (non-hydrogen) atoms. The Bertz CT molecular complexity index is 785. The maximum Gasteiger partial charge on any atom is 0.162 e. The molecule has 0 radical (unpaired) electrons. The number of aromatic nitrogens is 3. The van der Waals surface area contributed by atoms with Crippen LogP contribution in [0.1, 0.15) is 17.0 Å². The van der Waals surface area contributed by atoms with Gasteiger partial charge in [0, 0.05) is 23.2 Å². The molecule has 0 aliphatic heterocycles. The van der Waals surface area contributed by atoms with E-state index in [0.717, 1.165) is 15.9 Å². The van der Waals surface area contributed by atoms with E-state index in [9.17, 15) is 0 Å². The van der Waals surface area contributed by atoms with Gasteiger partial charge in [-0.25, -0.2) is 0 Å². The monoisotopic (exact) mass is 312 g/mol. The van der Waals surface area contributed by atoms with Crippen LogP contribution in [0.5, 0.6) is 0 Å². The predicted octanol–water partition coefficient (Wildman–Crippen LogP) is 2.95. The predicted molar refractivity (Wildman–Crippen MR) is 74.7 cm³/mol. The minimum absolute atomic E-state index is 0.592. The molecule has 1 aromatic carbocycles. The Labute approximate surface area is 118 Å². The normalized spacial score (nSPS) is 10.5. The molecule has 0 saturated heterocycles. The van der Waals surface area contributed by atoms with Gasteiger partial charge in [0.15, 0.2) is 5.65 Å². The van der Waals surface area contributed by atoms with Crippen LogP contribution in [0.25, 0.3) is 5.65 Å². The van der Waals surface area contributed by atoms with Gasteiger partial charge in [-0.2, -0.15) is 5.26 Å². The van der Waals surface area contributed by atoms with Crippen LogP contribution in [0.3, 0.4) is 0 Å². The van der Waals surface area contributed by atoms with Gasteiger partial charge < -0.3 is 0 Å². The first-order valence-electron chi connectivity index (χ1n) is 5.74. The highest BCUT2D eigenvalue weighted by atomic mass is 79.9. The first-order valence-corrected chi connectivity index (χ1v) is 6.54. The number of benzene rings is 1. The number of hydrogen-bond acceptors (Lipinski definition) is 3. The highest BCUT2D eigenvalue weighted by Gasteiger charge is 2.07. The SMILES string of the molecule is N#Cc1ccn2c(Cc3cccc(Br)c3)nnc2c1. The third-order valence-electron chi connectivity index (χ3n) is 2.86. The third-order valence-corrected chi connectivity index (χ3v) is 3.35. The van der Waals surface area contributed by atoms with Crippen molar-refractivity contribution in [3.63, 3.8) is 0 Å². The lowest BCUT2D eigenvalue weighted by molar-refractivity contribution is 0.934. The molecule has 0 atom stereocenters. The van der Waals surface area contributed by atoms with Crippen LogP contribution in [0.15, 0.2) is 47.1 Å². The summed E-state index contributed by atoms with van der Waals surface area (Å²) < 4.78 is 2.95. The Balaban J connectivity index is 2.00. The summed E-state index contributed by atoms with van der Waals surface area (Å²) in [4.78, 5) is 0. The first kappa shape index (κ1) is 11.9. The lowest BCUT2D eigenvalue weighted by atomic mass is 10.1. The van der Waals surface area contributed by atoms with Crippen molar-refractivity contribution in [1.82, 2.24) is 14.6 Å². The van der Waals surface area contributed by atoms with E-state index < -0.39 is 0 Å². The van der Waals surface area contributed by atoms with E-state index in [1.54, 1.807) is 12.1 Å². The van der Waals surface area contributed by atoms with Crippen molar-refractivity contribution in [1.29, 1.82) is 5.26 Å². The Morgan fingerprint density at radius 2 is 2.11 bits per heavy atom. The highest BCUT2D eigenvalue weighted by Crippen LogP contribution is 2.15. The van der Waals surface area contributed by atoms with Gasteiger partial charge in [-0.15, -0.1) is 10.2 Å². The van der Waals surface area contributed by atoms with E-state index in [1.807, 2.05) is 22.7 Å². The zero-order valence-electron chi connectivity index (χ0n) is 9.92. The van der Waals surface area contributed by atoms with Crippen LogP contribution in [0.2, 0.25) is 0 Å². The van der Waals surface area contributed by atoms with Crippen LogP contribution >= 0.6 is 15.9 Å². The second-order valence-corrected chi connectivity index (χ2v) is 5.09. The number of hydrogen-bond donors (Lipinski definition) is 0. The summed E-state index contributed by atoms with van der Waals surface area (Å²) in [6.45, 7) is 0. The molecule has 0 aliphatic rings. The molecule has 0 unspecified atom stereocenters. The number of halogens is 1. The largest absolute Gasteiger partial charge is 0.286 e. The van der Waals surface area contributed by atoms with Crippen molar-refractivity contribution < 1.29 is 0 Å². The molecule has 2 heterocycles. The average Bonchev–Trinajstić information content (AvgIpc) is 2.81. The van der Waals surface area contributed by atoms with E-state index in [4.69, 9.17) is 5.26 Å². The fourth-order valence-corrected chi connectivity index (χ4v) is 2.41. The average molecular weight is 313 g/mol. The summed E-state index contributed by atoms with van der Waals surface area (Å²) in [6.07, 6.45) is 2.54. The van der Waals surface area contributed by atoms with E-state index in [2.05, 4.69) is 44.3 Å². The van der Waals surface area contributed by atoms with Crippen molar-refractivity contribution in [3.05, 3.63) is 64.0 Å². The molecular formula is C14H9BrN4. The lowest BCUT2D eigenvalue weighted by Crippen LogP contribution is -1.96. The topological polar surface area (TPSA) is 54.0 Å². The van der Waals surface area contributed by atoms with Crippen LogP contribution in [0, 0.1) is 11.3 Å². The van der Waals surface area contributed by atoms with Crippen LogP contribution in [-0.2, 0) is 6.42 Å². The zero-order valence-corrected chi connectivity index (χ0v) is 11.5. The summed E-state index contributed by atoms with van der Waals surface area (Å²) in [5.41, 5.74) is 2.45. The van der Waals surface area contributed by atoms with Crippen LogP contribution in [-0.4, -0.2) is 14.6 Å².